The van der Waals surface area contributed by atoms with Crippen molar-refractivity contribution in [3.8, 4) is 0 Å². The van der Waals surface area contributed by atoms with E-state index in [1.807, 2.05) is 0 Å². The lowest BCUT2D eigenvalue weighted by Gasteiger charge is -2.20. The van der Waals surface area contributed by atoms with Crippen molar-refractivity contribution in [2.45, 2.75) is 30.0 Å². The highest BCUT2D eigenvalue weighted by Crippen LogP contribution is 2.38. The van der Waals surface area contributed by atoms with Gasteiger partial charge in [-0.1, -0.05) is 16.8 Å². The van der Waals surface area contributed by atoms with Crippen LogP contribution in [0, 0.1) is 6.92 Å². The summed E-state index contributed by atoms with van der Waals surface area (Å²) < 4.78 is 32.5. The predicted molar refractivity (Wildman–Crippen MR) is 74.2 cm³/mol. The van der Waals surface area contributed by atoms with Crippen molar-refractivity contribution < 1.29 is 12.9 Å². The minimum Gasteiger partial charge on any atom is -0.338 e. The third kappa shape index (κ3) is 2.37. The van der Waals surface area contributed by atoms with E-state index in [0.717, 1.165) is 17.8 Å². The third-order valence-corrected chi connectivity index (χ3v) is 6.75. The second-order valence-corrected chi connectivity index (χ2v) is 8.34. The maximum Gasteiger partial charge on any atom is 0.253 e. The van der Waals surface area contributed by atoms with Gasteiger partial charge in [-0.05, 0) is 31.9 Å². The molecular formula is C11H12ClN3O3S2. The van der Waals surface area contributed by atoms with E-state index in [1.54, 1.807) is 13.0 Å². The van der Waals surface area contributed by atoms with Crippen molar-refractivity contribution >= 4 is 33.0 Å². The summed E-state index contributed by atoms with van der Waals surface area (Å²) >= 11 is 6.88. The summed E-state index contributed by atoms with van der Waals surface area (Å²) in [5.41, 5.74) is 0. The molecule has 1 fully saturated rings. The molecule has 3 heterocycles. The number of rotatable bonds is 3. The zero-order valence-corrected chi connectivity index (χ0v) is 13.0. The Balaban J connectivity index is 1.96. The zero-order valence-electron chi connectivity index (χ0n) is 10.6. The van der Waals surface area contributed by atoms with E-state index < -0.39 is 10.0 Å². The number of nitrogens with zero attached hydrogens (tertiary/aromatic N) is 3. The average Bonchev–Trinajstić information content (AvgIpc) is 3.07. The van der Waals surface area contributed by atoms with Crippen LogP contribution in [0.15, 0.2) is 20.9 Å². The molecule has 1 atom stereocenters. The minimum absolute atomic E-state index is 0.241. The van der Waals surface area contributed by atoms with E-state index >= 15 is 0 Å². The second-order valence-electron chi connectivity index (χ2n) is 4.51. The number of halogens is 1. The van der Waals surface area contributed by atoms with E-state index in [9.17, 15) is 8.42 Å². The Bertz CT molecular complexity index is 725. The molecule has 0 spiro atoms. The average molecular weight is 334 g/mol. The van der Waals surface area contributed by atoms with Gasteiger partial charge in [-0.2, -0.15) is 9.29 Å². The van der Waals surface area contributed by atoms with Gasteiger partial charge in [0.25, 0.3) is 10.0 Å². The normalized spacial score (nSPS) is 20.6. The topological polar surface area (TPSA) is 76.3 Å². The molecular weight excluding hydrogens is 322 g/mol. The lowest BCUT2D eigenvalue weighted by Crippen LogP contribution is -2.30. The first-order valence-corrected chi connectivity index (χ1v) is 8.69. The van der Waals surface area contributed by atoms with Gasteiger partial charge in [0, 0.05) is 6.54 Å². The van der Waals surface area contributed by atoms with Gasteiger partial charge in [0.1, 0.15) is 10.3 Å². The fourth-order valence-corrected chi connectivity index (χ4v) is 5.54. The van der Waals surface area contributed by atoms with E-state index in [4.69, 9.17) is 16.1 Å². The third-order valence-electron chi connectivity index (χ3n) is 3.14. The Labute approximate surface area is 125 Å². The highest BCUT2D eigenvalue weighted by molar-refractivity contribution is 7.91. The lowest BCUT2D eigenvalue weighted by molar-refractivity contribution is 0.290. The maximum absolute atomic E-state index is 12.6. The van der Waals surface area contributed by atoms with Gasteiger partial charge >= 0.3 is 0 Å². The summed E-state index contributed by atoms with van der Waals surface area (Å²) in [6.07, 6.45) is 1.45. The summed E-state index contributed by atoms with van der Waals surface area (Å²) in [5.74, 6) is 0.856. The van der Waals surface area contributed by atoms with Gasteiger partial charge in [0.05, 0.1) is 4.34 Å². The van der Waals surface area contributed by atoms with Crippen LogP contribution in [0.5, 0.6) is 0 Å². The van der Waals surface area contributed by atoms with Crippen molar-refractivity contribution in [2.75, 3.05) is 6.54 Å². The van der Waals surface area contributed by atoms with Crippen molar-refractivity contribution in [1.82, 2.24) is 14.4 Å². The summed E-state index contributed by atoms with van der Waals surface area (Å²) in [6, 6.07) is 2.72. The van der Waals surface area contributed by atoms with Crippen LogP contribution in [-0.4, -0.2) is 29.4 Å². The first kappa shape index (κ1) is 14.0. The van der Waals surface area contributed by atoms with Crippen molar-refractivity contribution in [1.29, 1.82) is 0 Å². The van der Waals surface area contributed by atoms with Crippen LogP contribution in [-0.2, 0) is 10.0 Å². The molecule has 0 N–H and O–H groups in total. The summed E-state index contributed by atoms with van der Waals surface area (Å²) in [4.78, 5) is 4.15. The van der Waals surface area contributed by atoms with Gasteiger partial charge in [0.15, 0.2) is 5.82 Å². The quantitative estimate of drug-likeness (QED) is 0.863. The summed E-state index contributed by atoms with van der Waals surface area (Å²) in [7, 11) is -3.57. The highest BCUT2D eigenvalue weighted by Gasteiger charge is 2.39. The first-order chi connectivity index (χ1) is 9.48. The molecule has 0 saturated carbocycles. The number of aryl methyl sites for hydroxylation is 1. The molecule has 108 valence electrons. The molecule has 0 radical (unpaired) electrons. The number of hydrogen-bond donors (Lipinski definition) is 0. The number of hydrogen-bond acceptors (Lipinski definition) is 6. The summed E-state index contributed by atoms with van der Waals surface area (Å²) in [5, 5.41) is 3.73. The van der Waals surface area contributed by atoms with Crippen molar-refractivity contribution in [3.63, 3.8) is 0 Å². The van der Waals surface area contributed by atoms with Crippen LogP contribution >= 0.6 is 22.9 Å². The fraction of sp³-hybridized carbons (Fsp3) is 0.455. The molecule has 1 aliphatic heterocycles. The van der Waals surface area contributed by atoms with Gasteiger partial charge in [-0.15, -0.1) is 11.3 Å². The van der Waals surface area contributed by atoms with Crippen LogP contribution in [0.3, 0.4) is 0 Å². The van der Waals surface area contributed by atoms with Crippen LogP contribution < -0.4 is 0 Å². The predicted octanol–water partition coefficient (Wildman–Crippen LogP) is 2.62. The van der Waals surface area contributed by atoms with E-state index in [-0.39, 0.29) is 10.3 Å². The Hall–Kier alpha value is -0.960. The molecule has 9 heteroatoms. The SMILES string of the molecule is Cc1noc(C2CCCN2S(=O)(=O)c2ccc(Cl)s2)n1. The zero-order chi connectivity index (χ0) is 14.3. The molecule has 20 heavy (non-hydrogen) atoms. The molecule has 6 nitrogen and oxygen atoms in total. The Kier molecular flexibility index (Phi) is 3.57. The van der Waals surface area contributed by atoms with Gasteiger partial charge in [-0.25, -0.2) is 8.42 Å². The molecule has 0 bridgehead atoms. The van der Waals surface area contributed by atoms with Crippen molar-refractivity contribution in [2.24, 2.45) is 0 Å². The largest absolute Gasteiger partial charge is 0.338 e. The van der Waals surface area contributed by atoms with Crippen LogP contribution in [0.2, 0.25) is 4.34 Å². The molecule has 1 aliphatic rings. The molecule has 3 rings (SSSR count). The number of thiophene rings is 1. The van der Waals surface area contributed by atoms with Crippen LogP contribution in [0.4, 0.5) is 0 Å². The summed E-state index contributed by atoms with van der Waals surface area (Å²) in [6.45, 7) is 2.16. The minimum atomic E-state index is -3.57. The number of sulfonamides is 1. The van der Waals surface area contributed by atoms with E-state index in [0.29, 0.717) is 29.0 Å². The Morgan fingerprint density at radius 2 is 2.30 bits per heavy atom. The molecule has 2 aromatic rings. The van der Waals surface area contributed by atoms with E-state index in [2.05, 4.69) is 10.1 Å². The number of aromatic nitrogens is 2. The standard InChI is InChI=1S/C11H12ClN3O3S2/c1-7-13-11(18-14-7)8-3-2-6-15(8)20(16,17)10-5-4-9(12)19-10/h4-5,8H,2-3,6H2,1H3. The molecule has 0 aliphatic carbocycles. The molecule has 1 saturated heterocycles. The lowest BCUT2D eigenvalue weighted by atomic mass is 10.2. The Morgan fingerprint density at radius 3 is 2.90 bits per heavy atom. The first-order valence-electron chi connectivity index (χ1n) is 6.06. The fourth-order valence-electron chi connectivity index (χ4n) is 2.28. The molecule has 0 amide bonds. The monoisotopic (exact) mass is 333 g/mol. The Morgan fingerprint density at radius 1 is 1.50 bits per heavy atom. The molecule has 2 aromatic heterocycles. The second kappa shape index (κ2) is 5.10. The van der Waals surface area contributed by atoms with Gasteiger partial charge in [0.2, 0.25) is 5.89 Å². The van der Waals surface area contributed by atoms with E-state index in [1.165, 1.54) is 10.4 Å². The van der Waals surface area contributed by atoms with Gasteiger partial charge in [-0.3, -0.25) is 0 Å². The van der Waals surface area contributed by atoms with Crippen molar-refractivity contribution in [3.05, 3.63) is 28.2 Å². The molecule has 0 aromatic carbocycles. The molecule has 1 unspecified atom stereocenters. The smallest absolute Gasteiger partial charge is 0.253 e. The van der Waals surface area contributed by atoms with Crippen LogP contribution in [0.25, 0.3) is 0 Å². The van der Waals surface area contributed by atoms with Crippen LogP contribution in [0.1, 0.15) is 30.6 Å². The van der Waals surface area contributed by atoms with Gasteiger partial charge < -0.3 is 4.52 Å². The highest BCUT2D eigenvalue weighted by atomic mass is 35.5. The maximum atomic E-state index is 12.6.